The SMILES string of the molecule is CC1CCCN(C(=O)CN2CCOCC2CO)C1. The molecule has 1 amide bonds. The number of likely N-dealkylation sites (tertiary alicyclic amines) is 1. The van der Waals surface area contributed by atoms with E-state index in [1.165, 1.54) is 6.42 Å². The number of hydrogen-bond donors (Lipinski definition) is 1. The van der Waals surface area contributed by atoms with Crippen LogP contribution < -0.4 is 0 Å². The lowest BCUT2D eigenvalue weighted by atomic mass is 10.0. The van der Waals surface area contributed by atoms with Crippen molar-refractivity contribution in [3.63, 3.8) is 0 Å². The second-order valence-electron chi connectivity index (χ2n) is 5.47. The zero-order chi connectivity index (χ0) is 13.0. The van der Waals surface area contributed by atoms with E-state index in [9.17, 15) is 9.90 Å². The Morgan fingerprint density at radius 1 is 1.44 bits per heavy atom. The van der Waals surface area contributed by atoms with E-state index in [1.54, 1.807) is 0 Å². The van der Waals surface area contributed by atoms with Gasteiger partial charge in [0.05, 0.1) is 32.4 Å². The van der Waals surface area contributed by atoms with Gasteiger partial charge in [-0.1, -0.05) is 6.92 Å². The molecule has 2 aliphatic rings. The molecule has 0 radical (unpaired) electrons. The molecule has 0 aromatic heterocycles. The normalized spacial score (nSPS) is 30.4. The standard InChI is InChI=1S/C13H24N2O3/c1-11-3-2-4-15(7-11)13(17)8-14-5-6-18-10-12(14)9-16/h11-12,16H,2-10H2,1H3. The van der Waals surface area contributed by atoms with Gasteiger partial charge in [0.25, 0.3) is 0 Å². The first-order valence-electron chi connectivity index (χ1n) is 6.91. The molecular formula is C13H24N2O3. The predicted octanol–water partition coefficient (Wildman–Crippen LogP) is -0.0620. The molecule has 2 fully saturated rings. The van der Waals surface area contributed by atoms with Gasteiger partial charge >= 0.3 is 0 Å². The number of morpholine rings is 1. The topological polar surface area (TPSA) is 53.0 Å². The van der Waals surface area contributed by atoms with Crippen LogP contribution in [0.1, 0.15) is 19.8 Å². The second-order valence-corrected chi connectivity index (χ2v) is 5.47. The van der Waals surface area contributed by atoms with E-state index in [4.69, 9.17) is 4.74 Å². The van der Waals surface area contributed by atoms with Crippen LogP contribution in [0.25, 0.3) is 0 Å². The van der Waals surface area contributed by atoms with Gasteiger partial charge in [-0.15, -0.1) is 0 Å². The molecule has 2 heterocycles. The van der Waals surface area contributed by atoms with Crippen molar-refractivity contribution in [2.24, 2.45) is 5.92 Å². The fourth-order valence-electron chi connectivity index (χ4n) is 2.76. The number of amides is 1. The van der Waals surface area contributed by atoms with Crippen LogP contribution in [0.2, 0.25) is 0 Å². The third-order valence-corrected chi connectivity index (χ3v) is 3.91. The molecule has 2 atom stereocenters. The summed E-state index contributed by atoms with van der Waals surface area (Å²) in [6, 6.07) is -0.0232. The maximum Gasteiger partial charge on any atom is 0.236 e. The van der Waals surface area contributed by atoms with Crippen molar-refractivity contribution in [2.45, 2.75) is 25.8 Å². The summed E-state index contributed by atoms with van der Waals surface area (Å²) in [7, 11) is 0. The predicted molar refractivity (Wildman–Crippen MR) is 68.2 cm³/mol. The molecule has 2 saturated heterocycles. The van der Waals surface area contributed by atoms with Crippen molar-refractivity contribution in [2.75, 3.05) is 46.0 Å². The molecule has 0 bridgehead atoms. The molecular weight excluding hydrogens is 232 g/mol. The number of carbonyl (C=O) groups is 1. The van der Waals surface area contributed by atoms with Crippen LogP contribution >= 0.6 is 0 Å². The third kappa shape index (κ3) is 3.43. The van der Waals surface area contributed by atoms with Crippen molar-refractivity contribution in [3.8, 4) is 0 Å². The van der Waals surface area contributed by atoms with Gasteiger partial charge in [-0.3, -0.25) is 9.69 Å². The molecule has 0 aromatic rings. The summed E-state index contributed by atoms with van der Waals surface area (Å²) in [4.78, 5) is 16.3. The number of carbonyl (C=O) groups excluding carboxylic acids is 1. The average Bonchev–Trinajstić information content (AvgIpc) is 2.39. The summed E-state index contributed by atoms with van der Waals surface area (Å²) in [5, 5.41) is 9.28. The van der Waals surface area contributed by atoms with Gasteiger partial charge in [-0.05, 0) is 18.8 Å². The molecule has 2 rings (SSSR count). The minimum absolute atomic E-state index is 0.0232. The van der Waals surface area contributed by atoms with Crippen molar-refractivity contribution >= 4 is 5.91 Å². The Bertz CT molecular complexity index is 285. The van der Waals surface area contributed by atoms with Crippen LogP contribution in [-0.4, -0.2) is 72.9 Å². The molecule has 5 heteroatoms. The lowest BCUT2D eigenvalue weighted by Crippen LogP contribution is -2.52. The Balaban J connectivity index is 1.85. The van der Waals surface area contributed by atoms with Gasteiger partial charge < -0.3 is 14.7 Å². The number of ether oxygens (including phenoxy) is 1. The van der Waals surface area contributed by atoms with Crippen LogP contribution in [0, 0.1) is 5.92 Å². The molecule has 0 aromatic carbocycles. The fourth-order valence-corrected chi connectivity index (χ4v) is 2.76. The third-order valence-electron chi connectivity index (χ3n) is 3.91. The quantitative estimate of drug-likeness (QED) is 0.768. The zero-order valence-electron chi connectivity index (χ0n) is 11.2. The van der Waals surface area contributed by atoms with Crippen LogP contribution in [0.5, 0.6) is 0 Å². The first kappa shape index (κ1) is 13.8. The van der Waals surface area contributed by atoms with Gasteiger partial charge in [0.1, 0.15) is 0 Å². The summed E-state index contributed by atoms with van der Waals surface area (Å²) in [5.41, 5.74) is 0. The maximum absolute atomic E-state index is 12.2. The van der Waals surface area contributed by atoms with E-state index in [0.29, 0.717) is 25.7 Å². The van der Waals surface area contributed by atoms with E-state index in [1.807, 2.05) is 9.80 Å². The Hall–Kier alpha value is -0.650. The maximum atomic E-state index is 12.2. The van der Waals surface area contributed by atoms with Crippen LogP contribution in [-0.2, 0) is 9.53 Å². The largest absolute Gasteiger partial charge is 0.395 e. The smallest absolute Gasteiger partial charge is 0.236 e. The first-order valence-corrected chi connectivity index (χ1v) is 6.91. The number of aliphatic hydroxyl groups excluding tert-OH is 1. The highest BCUT2D eigenvalue weighted by molar-refractivity contribution is 5.78. The van der Waals surface area contributed by atoms with Gasteiger partial charge in [0.2, 0.25) is 5.91 Å². The highest BCUT2D eigenvalue weighted by atomic mass is 16.5. The first-order chi connectivity index (χ1) is 8.70. The molecule has 0 aliphatic carbocycles. The summed E-state index contributed by atoms with van der Waals surface area (Å²) < 4.78 is 5.32. The molecule has 18 heavy (non-hydrogen) atoms. The van der Waals surface area contributed by atoms with Crippen molar-refractivity contribution in [1.29, 1.82) is 0 Å². The van der Waals surface area contributed by atoms with Gasteiger partial charge in [0, 0.05) is 19.6 Å². The van der Waals surface area contributed by atoms with E-state index < -0.39 is 0 Å². The highest BCUT2D eigenvalue weighted by Gasteiger charge is 2.27. The molecule has 5 nitrogen and oxygen atoms in total. The monoisotopic (exact) mass is 256 g/mol. The summed E-state index contributed by atoms with van der Waals surface area (Å²) in [6.07, 6.45) is 2.33. The Labute approximate surface area is 109 Å². The number of hydrogen-bond acceptors (Lipinski definition) is 4. The summed E-state index contributed by atoms with van der Waals surface area (Å²) >= 11 is 0. The summed E-state index contributed by atoms with van der Waals surface area (Å²) in [6.45, 7) is 6.36. The molecule has 1 N–H and O–H groups in total. The minimum atomic E-state index is -0.0232. The van der Waals surface area contributed by atoms with Crippen LogP contribution in [0.3, 0.4) is 0 Å². The van der Waals surface area contributed by atoms with Crippen molar-refractivity contribution in [3.05, 3.63) is 0 Å². The number of nitrogens with zero attached hydrogens (tertiary/aromatic N) is 2. The summed E-state index contributed by atoms with van der Waals surface area (Å²) in [5.74, 6) is 0.808. The lowest BCUT2D eigenvalue weighted by molar-refractivity contribution is -0.137. The van der Waals surface area contributed by atoms with E-state index in [2.05, 4.69) is 6.92 Å². The number of rotatable bonds is 3. The van der Waals surface area contributed by atoms with Crippen LogP contribution in [0.4, 0.5) is 0 Å². The Morgan fingerprint density at radius 2 is 2.28 bits per heavy atom. The molecule has 0 spiro atoms. The fraction of sp³-hybridized carbons (Fsp3) is 0.923. The number of aliphatic hydroxyl groups is 1. The molecule has 0 saturated carbocycles. The van der Waals surface area contributed by atoms with Gasteiger partial charge in [-0.2, -0.15) is 0 Å². The lowest BCUT2D eigenvalue weighted by Gasteiger charge is -2.37. The minimum Gasteiger partial charge on any atom is -0.395 e. The van der Waals surface area contributed by atoms with Crippen molar-refractivity contribution in [1.82, 2.24) is 9.80 Å². The van der Waals surface area contributed by atoms with E-state index in [-0.39, 0.29) is 18.6 Å². The van der Waals surface area contributed by atoms with Crippen molar-refractivity contribution < 1.29 is 14.6 Å². The Kier molecular flexibility index (Phi) is 4.97. The van der Waals surface area contributed by atoms with E-state index >= 15 is 0 Å². The molecule has 2 aliphatic heterocycles. The molecule has 104 valence electrons. The Morgan fingerprint density at radius 3 is 3.00 bits per heavy atom. The van der Waals surface area contributed by atoms with Gasteiger partial charge in [-0.25, -0.2) is 0 Å². The number of piperidine rings is 1. The van der Waals surface area contributed by atoms with E-state index in [0.717, 1.165) is 26.1 Å². The molecule has 2 unspecified atom stereocenters. The zero-order valence-corrected chi connectivity index (χ0v) is 11.2. The average molecular weight is 256 g/mol. The highest BCUT2D eigenvalue weighted by Crippen LogP contribution is 2.16. The van der Waals surface area contributed by atoms with Crippen LogP contribution in [0.15, 0.2) is 0 Å². The van der Waals surface area contributed by atoms with Gasteiger partial charge in [0.15, 0.2) is 0 Å². The second kappa shape index (κ2) is 6.50.